The van der Waals surface area contributed by atoms with Crippen molar-refractivity contribution in [3.8, 4) is 0 Å². The molecule has 1 aromatic heterocycles. The Balaban J connectivity index is 0.00000147. The molecule has 1 amide bonds. The fourth-order valence-electron chi connectivity index (χ4n) is 3.23. The summed E-state index contributed by atoms with van der Waals surface area (Å²) < 4.78 is 0. The van der Waals surface area contributed by atoms with Gasteiger partial charge in [-0.15, -0.1) is 12.4 Å². The Morgan fingerprint density at radius 1 is 1.45 bits per heavy atom. The molecule has 2 aliphatic rings. The molecule has 1 atom stereocenters. The maximum absolute atomic E-state index is 12.7. The Labute approximate surface area is 125 Å². The lowest BCUT2D eigenvalue weighted by atomic mass is 9.98. The monoisotopic (exact) mass is 298 g/mol. The van der Waals surface area contributed by atoms with Crippen LogP contribution in [0.2, 0.25) is 0 Å². The fraction of sp³-hybridized carbons (Fsp3) is 0.714. The summed E-state index contributed by atoms with van der Waals surface area (Å²) in [7, 11) is 0. The van der Waals surface area contributed by atoms with E-state index in [1.165, 1.54) is 6.42 Å². The minimum absolute atomic E-state index is 0. The zero-order valence-electron chi connectivity index (χ0n) is 11.9. The number of hydrogen-bond acceptors (Lipinski definition) is 3. The van der Waals surface area contributed by atoms with E-state index in [-0.39, 0.29) is 18.3 Å². The molecule has 1 fully saturated rings. The summed E-state index contributed by atoms with van der Waals surface area (Å²) >= 11 is 0. The van der Waals surface area contributed by atoms with Crippen molar-refractivity contribution in [2.75, 3.05) is 13.1 Å². The van der Waals surface area contributed by atoms with E-state index in [0.29, 0.717) is 11.7 Å². The van der Waals surface area contributed by atoms with E-state index in [4.69, 9.17) is 0 Å². The minimum atomic E-state index is 0. The number of carbonyl (C=O) groups excluding carboxylic acids is 1. The first-order valence-electron chi connectivity index (χ1n) is 7.39. The van der Waals surface area contributed by atoms with Crippen LogP contribution in [0.25, 0.3) is 0 Å². The second-order valence-corrected chi connectivity index (χ2v) is 5.51. The average Bonchev–Trinajstić information content (AvgIpc) is 2.90. The summed E-state index contributed by atoms with van der Waals surface area (Å²) in [6.07, 6.45) is 5.46. The Morgan fingerprint density at radius 2 is 2.30 bits per heavy atom. The Morgan fingerprint density at radius 3 is 3.10 bits per heavy atom. The number of H-pyrrole nitrogens is 1. The predicted octanol–water partition coefficient (Wildman–Crippen LogP) is 1.88. The highest BCUT2D eigenvalue weighted by molar-refractivity contribution is 5.94. The van der Waals surface area contributed by atoms with Crippen LogP contribution in [-0.2, 0) is 13.0 Å². The van der Waals surface area contributed by atoms with Crippen LogP contribution >= 0.6 is 12.4 Å². The lowest BCUT2D eigenvalue weighted by Gasteiger charge is -2.35. The van der Waals surface area contributed by atoms with Crippen LogP contribution in [0.5, 0.6) is 0 Å². The molecule has 0 saturated carbocycles. The molecule has 3 heterocycles. The molecule has 0 radical (unpaired) electrons. The van der Waals surface area contributed by atoms with Crippen molar-refractivity contribution in [1.29, 1.82) is 0 Å². The first-order valence-corrected chi connectivity index (χ1v) is 7.39. The highest BCUT2D eigenvalue weighted by Gasteiger charge is 2.30. The lowest BCUT2D eigenvalue weighted by molar-refractivity contribution is 0.0600. The van der Waals surface area contributed by atoms with Crippen LogP contribution in [0.3, 0.4) is 0 Å². The Bertz CT molecular complexity index is 474. The number of nitrogens with zero attached hydrogens (tertiary/aromatic N) is 2. The number of nitrogens with one attached hydrogen (secondary N) is 2. The van der Waals surface area contributed by atoms with Crippen LogP contribution in [0, 0.1) is 0 Å². The number of aromatic amines is 1. The van der Waals surface area contributed by atoms with E-state index in [2.05, 4.69) is 22.4 Å². The van der Waals surface area contributed by atoms with E-state index in [1.54, 1.807) is 0 Å². The van der Waals surface area contributed by atoms with Crippen LogP contribution < -0.4 is 5.32 Å². The predicted molar refractivity (Wildman–Crippen MR) is 80.2 cm³/mol. The van der Waals surface area contributed by atoms with E-state index < -0.39 is 0 Å². The Hall–Kier alpha value is -1.07. The van der Waals surface area contributed by atoms with Crippen LogP contribution in [0.4, 0.5) is 0 Å². The van der Waals surface area contributed by atoms with Gasteiger partial charge >= 0.3 is 0 Å². The second-order valence-electron chi connectivity index (χ2n) is 5.51. The SMILES string of the molecule is CCC1CCCCN1C(=O)c1n[nH]c2c1CNCC2.Cl. The van der Waals surface area contributed by atoms with Gasteiger partial charge in [0.1, 0.15) is 0 Å². The van der Waals surface area contributed by atoms with Crippen molar-refractivity contribution >= 4 is 18.3 Å². The molecule has 3 rings (SSSR count). The average molecular weight is 299 g/mol. The molecule has 2 N–H and O–H groups in total. The highest BCUT2D eigenvalue weighted by Crippen LogP contribution is 2.24. The first kappa shape index (κ1) is 15.3. The second kappa shape index (κ2) is 6.59. The van der Waals surface area contributed by atoms with Gasteiger partial charge in [0.2, 0.25) is 0 Å². The van der Waals surface area contributed by atoms with Crippen molar-refractivity contribution in [1.82, 2.24) is 20.4 Å². The summed E-state index contributed by atoms with van der Waals surface area (Å²) in [5.74, 6) is 0.118. The van der Waals surface area contributed by atoms with E-state index >= 15 is 0 Å². The molecular formula is C14H23ClN4O. The fourth-order valence-corrected chi connectivity index (χ4v) is 3.23. The summed E-state index contributed by atoms with van der Waals surface area (Å²) in [5.41, 5.74) is 2.85. The molecule has 5 nitrogen and oxygen atoms in total. The van der Waals surface area contributed by atoms with Crippen molar-refractivity contribution in [3.63, 3.8) is 0 Å². The Kier molecular flexibility index (Phi) is 5.05. The first-order chi connectivity index (χ1) is 9.31. The van der Waals surface area contributed by atoms with Gasteiger partial charge in [-0.3, -0.25) is 9.89 Å². The zero-order valence-corrected chi connectivity index (χ0v) is 12.8. The molecule has 6 heteroatoms. The number of hydrogen-bond donors (Lipinski definition) is 2. The standard InChI is InChI=1S/C14H22N4O.ClH/c1-2-10-5-3-4-8-18(10)14(19)13-11-9-15-7-6-12(11)16-17-13;/h10,15H,2-9H2,1H3,(H,16,17);1H. The van der Waals surface area contributed by atoms with Gasteiger partial charge in [-0.2, -0.15) is 5.10 Å². The van der Waals surface area contributed by atoms with Gasteiger partial charge in [-0.05, 0) is 25.7 Å². The number of amides is 1. The molecule has 20 heavy (non-hydrogen) atoms. The molecule has 1 aromatic rings. The van der Waals surface area contributed by atoms with Crippen LogP contribution in [-0.4, -0.2) is 40.1 Å². The van der Waals surface area contributed by atoms with Crippen molar-refractivity contribution in [2.24, 2.45) is 0 Å². The molecule has 1 saturated heterocycles. The molecule has 112 valence electrons. The summed E-state index contributed by atoms with van der Waals surface area (Å²) in [6.45, 7) is 4.77. The molecule has 0 bridgehead atoms. The van der Waals surface area contributed by atoms with Crippen molar-refractivity contribution < 1.29 is 4.79 Å². The van der Waals surface area contributed by atoms with E-state index in [0.717, 1.165) is 56.6 Å². The van der Waals surface area contributed by atoms with Gasteiger partial charge in [-0.1, -0.05) is 6.92 Å². The van der Waals surface area contributed by atoms with Gasteiger partial charge in [0.25, 0.3) is 5.91 Å². The highest BCUT2D eigenvalue weighted by atomic mass is 35.5. The number of halogens is 1. The number of piperidine rings is 1. The van der Waals surface area contributed by atoms with Gasteiger partial charge in [0.15, 0.2) is 5.69 Å². The maximum Gasteiger partial charge on any atom is 0.274 e. The summed E-state index contributed by atoms with van der Waals surface area (Å²) in [4.78, 5) is 14.8. The van der Waals surface area contributed by atoms with Crippen molar-refractivity contribution in [3.05, 3.63) is 17.0 Å². The minimum Gasteiger partial charge on any atom is -0.334 e. The third-order valence-electron chi connectivity index (χ3n) is 4.37. The maximum atomic E-state index is 12.7. The lowest BCUT2D eigenvalue weighted by Crippen LogP contribution is -2.44. The van der Waals surface area contributed by atoms with Gasteiger partial charge < -0.3 is 10.2 Å². The van der Waals surface area contributed by atoms with E-state index in [1.807, 2.05) is 4.90 Å². The third kappa shape index (κ3) is 2.69. The zero-order chi connectivity index (χ0) is 13.2. The van der Waals surface area contributed by atoms with E-state index in [9.17, 15) is 4.79 Å². The summed E-state index contributed by atoms with van der Waals surface area (Å²) in [6, 6.07) is 0.394. The van der Waals surface area contributed by atoms with Crippen LogP contribution in [0.1, 0.15) is 54.4 Å². The molecule has 2 aliphatic heterocycles. The smallest absolute Gasteiger partial charge is 0.274 e. The molecular weight excluding hydrogens is 276 g/mol. The van der Waals surface area contributed by atoms with Gasteiger partial charge in [-0.25, -0.2) is 0 Å². The molecule has 1 unspecified atom stereocenters. The van der Waals surface area contributed by atoms with Gasteiger partial charge in [0.05, 0.1) is 0 Å². The number of fused-ring (bicyclic) bond motifs is 1. The van der Waals surface area contributed by atoms with Crippen LogP contribution in [0.15, 0.2) is 0 Å². The summed E-state index contributed by atoms with van der Waals surface area (Å²) in [5, 5.41) is 10.6. The third-order valence-corrected chi connectivity index (χ3v) is 4.37. The molecule has 0 spiro atoms. The van der Waals surface area contributed by atoms with Crippen molar-refractivity contribution in [2.45, 2.75) is 51.6 Å². The largest absolute Gasteiger partial charge is 0.334 e. The van der Waals surface area contributed by atoms with Gasteiger partial charge in [0, 0.05) is 43.4 Å². The number of carbonyl (C=O) groups is 1. The number of likely N-dealkylation sites (tertiary alicyclic amines) is 1. The molecule has 0 aromatic carbocycles. The number of rotatable bonds is 2. The topological polar surface area (TPSA) is 61.0 Å². The normalized spacial score (nSPS) is 22.1. The quantitative estimate of drug-likeness (QED) is 0.876. The number of aromatic nitrogens is 2. The molecule has 0 aliphatic carbocycles.